The number of carbonyl (C=O) groups is 1. The summed E-state index contributed by atoms with van der Waals surface area (Å²) in [5.41, 5.74) is 3.91. The smallest absolute Gasteiger partial charge is 0.319 e. The molecular formula is C20H26N6O2. The van der Waals surface area contributed by atoms with Gasteiger partial charge in [0.05, 0.1) is 24.9 Å². The van der Waals surface area contributed by atoms with Crippen LogP contribution in [0.25, 0.3) is 11.4 Å². The molecular weight excluding hydrogens is 356 g/mol. The minimum Gasteiger partial charge on any atom is -0.377 e. The molecule has 3 heterocycles. The normalized spacial score (nSPS) is 18.6. The fourth-order valence-corrected chi connectivity index (χ4v) is 3.60. The molecule has 4 rings (SSSR count). The molecule has 8 nitrogen and oxygen atoms in total. The predicted molar refractivity (Wildman–Crippen MR) is 108 cm³/mol. The summed E-state index contributed by atoms with van der Waals surface area (Å²) in [7, 11) is 0. The van der Waals surface area contributed by atoms with E-state index in [0.717, 1.165) is 42.4 Å². The number of ether oxygens (including phenoxy) is 1. The lowest BCUT2D eigenvalue weighted by atomic mass is 10.1. The highest BCUT2D eigenvalue weighted by atomic mass is 16.5. The van der Waals surface area contributed by atoms with Crippen molar-refractivity contribution in [1.82, 2.24) is 20.6 Å². The van der Waals surface area contributed by atoms with E-state index in [0.29, 0.717) is 25.6 Å². The van der Waals surface area contributed by atoms with Crippen LogP contribution < -0.4 is 20.9 Å². The van der Waals surface area contributed by atoms with Crippen molar-refractivity contribution >= 4 is 17.5 Å². The van der Waals surface area contributed by atoms with Crippen molar-refractivity contribution < 1.29 is 9.53 Å². The van der Waals surface area contributed by atoms with Gasteiger partial charge in [0.15, 0.2) is 5.82 Å². The molecule has 0 bridgehead atoms. The molecule has 2 aromatic rings. The number of amides is 2. The average Bonchev–Trinajstić information content (AvgIpc) is 3.17. The Hall–Kier alpha value is -2.71. The molecule has 1 aromatic heterocycles. The molecule has 2 aliphatic rings. The number of anilines is 2. The summed E-state index contributed by atoms with van der Waals surface area (Å²) in [5, 5.41) is 8.92. The molecule has 2 amide bonds. The number of hydrogen-bond acceptors (Lipinski definition) is 6. The van der Waals surface area contributed by atoms with Crippen LogP contribution in [-0.4, -0.2) is 48.3 Å². The lowest BCUT2D eigenvalue weighted by molar-refractivity contribution is 0.0984. The van der Waals surface area contributed by atoms with Gasteiger partial charge in [-0.15, -0.1) is 0 Å². The van der Waals surface area contributed by atoms with Gasteiger partial charge in [0.1, 0.15) is 5.82 Å². The SMILES string of the molecule is CCNC(=O)Nc1ccc(-c2nc3c(c(N4CCOCC4C)n2)CNC3)cc1. The van der Waals surface area contributed by atoms with Crippen LogP contribution in [-0.2, 0) is 17.8 Å². The van der Waals surface area contributed by atoms with Crippen molar-refractivity contribution in [2.24, 2.45) is 0 Å². The van der Waals surface area contributed by atoms with Gasteiger partial charge in [0.25, 0.3) is 0 Å². The quantitative estimate of drug-likeness (QED) is 0.750. The van der Waals surface area contributed by atoms with E-state index in [9.17, 15) is 4.79 Å². The summed E-state index contributed by atoms with van der Waals surface area (Å²) >= 11 is 0. The highest BCUT2D eigenvalue weighted by Gasteiger charge is 2.27. The number of urea groups is 1. The Kier molecular flexibility index (Phi) is 5.40. The molecule has 2 aliphatic heterocycles. The zero-order chi connectivity index (χ0) is 19.5. The van der Waals surface area contributed by atoms with Crippen LogP contribution in [0, 0.1) is 0 Å². The summed E-state index contributed by atoms with van der Waals surface area (Å²) in [6.45, 7) is 8.45. The van der Waals surface area contributed by atoms with Crippen LogP contribution in [0.4, 0.5) is 16.3 Å². The largest absolute Gasteiger partial charge is 0.377 e. The van der Waals surface area contributed by atoms with Crippen LogP contribution in [0.2, 0.25) is 0 Å². The first-order chi connectivity index (χ1) is 13.7. The van der Waals surface area contributed by atoms with Crippen molar-refractivity contribution in [3.63, 3.8) is 0 Å². The molecule has 148 valence electrons. The van der Waals surface area contributed by atoms with E-state index in [1.807, 2.05) is 31.2 Å². The van der Waals surface area contributed by atoms with Crippen molar-refractivity contribution in [3.8, 4) is 11.4 Å². The van der Waals surface area contributed by atoms with Crippen LogP contribution in [0.5, 0.6) is 0 Å². The number of benzene rings is 1. The number of aromatic nitrogens is 2. The van der Waals surface area contributed by atoms with Gasteiger partial charge < -0.3 is 25.6 Å². The Morgan fingerprint density at radius 2 is 2.11 bits per heavy atom. The van der Waals surface area contributed by atoms with Crippen molar-refractivity contribution in [2.45, 2.75) is 33.0 Å². The van der Waals surface area contributed by atoms with E-state index in [1.165, 1.54) is 5.56 Å². The summed E-state index contributed by atoms with van der Waals surface area (Å²) in [4.78, 5) is 23.7. The Bertz CT molecular complexity index is 855. The highest BCUT2D eigenvalue weighted by molar-refractivity contribution is 5.89. The van der Waals surface area contributed by atoms with Gasteiger partial charge in [-0.3, -0.25) is 0 Å². The second-order valence-electron chi connectivity index (χ2n) is 7.08. The Morgan fingerprint density at radius 3 is 2.86 bits per heavy atom. The monoisotopic (exact) mass is 382 g/mol. The van der Waals surface area contributed by atoms with Crippen LogP contribution in [0.3, 0.4) is 0 Å². The number of nitrogens with one attached hydrogen (secondary N) is 3. The second-order valence-corrected chi connectivity index (χ2v) is 7.08. The van der Waals surface area contributed by atoms with Gasteiger partial charge in [0.2, 0.25) is 0 Å². The topological polar surface area (TPSA) is 91.4 Å². The van der Waals surface area contributed by atoms with Crippen LogP contribution in [0.15, 0.2) is 24.3 Å². The number of nitrogens with zero attached hydrogens (tertiary/aromatic N) is 3. The zero-order valence-corrected chi connectivity index (χ0v) is 16.3. The molecule has 3 N–H and O–H groups in total. The standard InChI is InChI=1S/C20H26N6O2/c1-3-22-20(27)23-15-6-4-14(5-7-15)18-24-17-11-21-10-16(17)19(25-18)26-8-9-28-12-13(26)2/h4-7,13,21H,3,8-12H2,1-2H3,(H2,22,23,27). The van der Waals surface area contributed by atoms with Crippen molar-refractivity contribution in [3.05, 3.63) is 35.5 Å². The second kappa shape index (κ2) is 8.12. The van der Waals surface area contributed by atoms with Crippen molar-refractivity contribution in [2.75, 3.05) is 36.5 Å². The average molecular weight is 382 g/mol. The third kappa shape index (κ3) is 3.79. The van der Waals surface area contributed by atoms with Gasteiger partial charge in [-0.25, -0.2) is 14.8 Å². The van der Waals surface area contributed by atoms with Gasteiger partial charge in [-0.1, -0.05) is 0 Å². The number of morpholine rings is 1. The summed E-state index contributed by atoms with van der Waals surface area (Å²) in [5.74, 6) is 1.71. The third-order valence-corrected chi connectivity index (χ3v) is 5.04. The molecule has 0 saturated carbocycles. The number of carbonyl (C=O) groups excluding carboxylic acids is 1. The molecule has 1 saturated heterocycles. The predicted octanol–water partition coefficient (Wildman–Crippen LogP) is 2.11. The molecule has 0 radical (unpaired) electrons. The first-order valence-electron chi connectivity index (χ1n) is 9.76. The van der Waals surface area contributed by atoms with E-state index in [1.54, 1.807) is 0 Å². The van der Waals surface area contributed by atoms with Crippen LogP contribution >= 0.6 is 0 Å². The first-order valence-corrected chi connectivity index (χ1v) is 9.76. The van der Waals surface area contributed by atoms with E-state index < -0.39 is 0 Å². The van der Waals surface area contributed by atoms with Crippen LogP contribution in [0.1, 0.15) is 25.1 Å². The maximum absolute atomic E-state index is 11.7. The van der Waals surface area contributed by atoms with E-state index in [-0.39, 0.29) is 12.1 Å². The Labute approximate surface area is 164 Å². The highest BCUT2D eigenvalue weighted by Crippen LogP contribution is 2.30. The summed E-state index contributed by atoms with van der Waals surface area (Å²) in [6.07, 6.45) is 0. The Morgan fingerprint density at radius 1 is 1.29 bits per heavy atom. The first kappa shape index (κ1) is 18.6. The number of hydrogen-bond donors (Lipinski definition) is 3. The minimum absolute atomic E-state index is 0.210. The molecule has 1 aromatic carbocycles. The summed E-state index contributed by atoms with van der Waals surface area (Å²) < 4.78 is 5.59. The number of rotatable bonds is 4. The third-order valence-electron chi connectivity index (χ3n) is 5.04. The summed E-state index contributed by atoms with van der Waals surface area (Å²) in [6, 6.07) is 7.70. The molecule has 0 spiro atoms. The van der Waals surface area contributed by atoms with Crippen molar-refractivity contribution in [1.29, 1.82) is 0 Å². The molecule has 1 atom stereocenters. The van der Waals surface area contributed by atoms with Gasteiger partial charge in [-0.2, -0.15) is 0 Å². The van der Waals surface area contributed by atoms with Gasteiger partial charge in [0, 0.05) is 43.0 Å². The maximum atomic E-state index is 11.7. The molecule has 28 heavy (non-hydrogen) atoms. The van der Waals surface area contributed by atoms with Gasteiger partial charge >= 0.3 is 6.03 Å². The zero-order valence-electron chi connectivity index (χ0n) is 16.3. The fraction of sp³-hybridized carbons (Fsp3) is 0.450. The molecule has 1 unspecified atom stereocenters. The van der Waals surface area contributed by atoms with Gasteiger partial charge in [-0.05, 0) is 38.1 Å². The maximum Gasteiger partial charge on any atom is 0.319 e. The Balaban J connectivity index is 1.63. The number of fused-ring (bicyclic) bond motifs is 1. The molecule has 0 aliphatic carbocycles. The molecule has 8 heteroatoms. The lowest BCUT2D eigenvalue weighted by Crippen LogP contribution is -2.44. The van der Waals surface area contributed by atoms with E-state index in [4.69, 9.17) is 14.7 Å². The van der Waals surface area contributed by atoms with E-state index >= 15 is 0 Å². The minimum atomic E-state index is -0.210. The lowest BCUT2D eigenvalue weighted by Gasteiger charge is -2.35. The molecule has 1 fully saturated rings. The van der Waals surface area contributed by atoms with E-state index in [2.05, 4.69) is 27.8 Å². The fourth-order valence-electron chi connectivity index (χ4n) is 3.60.